The molecule has 0 aliphatic carbocycles. The largest absolute Gasteiger partial charge is 0.356 e. The van der Waals surface area contributed by atoms with E-state index in [0.29, 0.717) is 12.3 Å². The molecule has 0 radical (unpaired) electrons. The second kappa shape index (κ2) is 7.15. The van der Waals surface area contributed by atoms with Gasteiger partial charge >= 0.3 is 0 Å². The van der Waals surface area contributed by atoms with Crippen LogP contribution in [0.3, 0.4) is 0 Å². The zero-order valence-corrected chi connectivity index (χ0v) is 14.7. The average Bonchev–Trinajstić information content (AvgIpc) is 3.02. The van der Waals surface area contributed by atoms with Gasteiger partial charge in [0.1, 0.15) is 12.1 Å². The van der Waals surface area contributed by atoms with Crippen LogP contribution in [0.5, 0.6) is 0 Å². The fraction of sp³-hybridized carbons (Fsp3) is 0.647. The van der Waals surface area contributed by atoms with Gasteiger partial charge in [0.05, 0.1) is 5.92 Å². The van der Waals surface area contributed by atoms with E-state index in [0.717, 1.165) is 43.7 Å². The summed E-state index contributed by atoms with van der Waals surface area (Å²) in [5.74, 6) is 1.76. The lowest BCUT2D eigenvalue weighted by atomic mass is 9.96. The van der Waals surface area contributed by atoms with Gasteiger partial charge in [0.2, 0.25) is 5.91 Å². The van der Waals surface area contributed by atoms with Crippen LogP contribution in [0, 0.1) is 12.8 Å². The Labute approximate surface area is 142 Å². The number of hydrogen-bond donors (Lipinski definition) is 1. The van der Waals surface area contributed by atoms with Crippen molar-refractivity contribution in [1.29, 1.82) is 0 Å². The standard InChI is InChI=1S/C17H26N6O/c1-4-6-12(2)20-16(24)14-7-5-8-22(10-14)15-9-13(3)21-17-18-11-19-23(15)17/h9,11-12,14H,4-8,10H2,1-3H3,(H,20,24)/t12-,14-/m0/s1. The van der Waals surface area contributed by atoms with E-state index < -0.39 is 0 Å². The van der Waals surface area contributed by atoms with Crippen LogP contribution in [0.2, 0.25) is 0 Å². The highest BCUT2D eigenvalue weighted by molar-refractivity contribution is 5.79. The van der Waals surface area contributed by atoms with E-state index in [1.54, 1.807) is 4.52 Å². The third-order valence-corrected chi connectivity index (χ3v) is 4.59. The summed E-state index contributed by atoms with van der Waals surface area (Å²) in [4.78, 5) is 23.4. The molecule has 0 unspecified atom stereocenters. The number of aromatic nitrogens is 4. The number of piperidine rings is 1. The molecule has 0 spiro atoms. The lowest BCUT2D eigenvalue weighted by Crippen LogP contribution is -2.45. The van der Waals surface area contributed by atoms with Crippen LogP contribution in [0.1, 0.15) is 45.2 Å². The maximum absolute atomic E-state index is 12.6. The Morgan fingerprint density at radius 3 is 3.12 bits per heavy atom. The quantitative estimate of drug-likeness (QED) is 0.907. The molecular weight excluding hydrogens is 304 g/mol. The summed E-state index contributed by atoms with van der Waals surface area (Å²) in [6.07, 6.45) is 5.56. The van der Waals surface area contributed by atoms with E-state index in [-0.39, 0.29) is 17.9 Å². The van der Waals surface area contributed by atoms with E-state index in [2.05, 4.69) is 39.1 Å². The second-order valence-corrected chi connectivity index (χ2v) is 6.71. The smallest absolute Gasteiger partial charge is 0.254 e. The molecule has 1 aliphatic heterocycles. The van der Waals surface area contributed by atoms with Gasteiger partial charge in [-0.3, -0.25) is 4.79 Å². The number of nitrogens with one attached hydrogen (secondary N) is 1. The predicted octanol–water partition coefficient (Wildman–Crippen LogP) is 1.95. The highest BCUT2D eigenvalue weighted by Gasteiger charge is 2.28. The molecule has 7 nitrogen and oxygen atoms in total. The first-order valence-corrected chi connectivity index (χ1v) is 8.81. The maximum atomic E-state index is 12.6. The molecule has 0 saturated carbocycles. The molecule has 2 aromatic heterocycles. The molecule has 7 heteroatoms. The normalized spacial score (nSPS) is 19.5. The SMILES string of the molecule is CCC[C@H](C)NC(=O)[C@H]1CCCN(c2cc(C)nc3ncnn23)C1. The summed E-state index contributed by atoms with van der Waals surface area (Å²) in [7, 11) is 0. The van der Waals surface area contributed by atoms with Crippen molar-refractivity contribution < 1.29 is 4.79 Å². The van der Waals surface area contributed by atoms with Crippen molar-refractivity contribution in [2.75, 3.05) is 18.0 Å². The summed E-state index contributed by atoms with van der Waals surface area (Å²) in [5, 5.41) is 7.43. The summed E-state index contributed by atoms with van der Waals surface area (Å²) in [5.41, 5.74) is 0.911. The molecule has 1 aliphatic rings. The van der Waals surface area contributed by atoms with Gasteiger partial charge in [-0.2, -0.15) is 14.6 Å². The highest BCUT2D eigenvalue weighted by atomic mass is 16.2. The van der Waals surface area contributed by atoms with Gasteiger partial charge in [0.15, 0.2) is 0 Å². The Hall–Kier alpha value is -2.18. The van der Waals surface area contributed by atoms with Crippen molar-refractivity contribution in [2.24, 2.45) is 5.92 Å². The molecule has 3 rings (SSSR count). The fourth-order valence-electron chi connectivity index (χ4n) is 3.40. The van der Waals surface area contributed by atoms with E-state index in [4.69, 9.17) is 0 Å². The van der Waals surface area contributed by atoms with Gasteiger partial charge in [-0.05, 0) is 33.1 Å². The molecule has 3 heterocycles. The van der Waals surface area contributed by atoms with Crippen molar-refractivity contribution in [3.63, 3.8) is 0 Å². The van der Waals surface area contributed by atoms with E-state index >= 15 is 0 Å². The van der Waals surface area contributed by atoms with Gasteiger partial charge < -0.3 is 10.2 Å². The summed E-state index contributed by atoms with van der Waals surface area (Å²) < 4.78 is 1.76. The molecule has 2 aromatic rings. The monoisotopic (exact) mass is 330 g/mol. The van der Waals surface area contributed by atoms with E-state index in [1.165, 1.54) is 6.33 Å². The summed E-state index contributed by atoms with van der Waals surface area (Å²) in [6, 6.07) is 2.25. The molecule has 0 aromatic carbocycles. The highest BCUT2D eigenvalue weighted by Crippen LogP contribution is 2.24. The molecule has 1 amide bonds. The Morgan fingerprint density at radius 1 is 1.50 bits per heavy atom. The minimum Gasteiger partial charge on any atom is -0.356 e. The second-order valence-electron chi connectivity index (χ2n) is 6.71. The molecular formula is C17H26N6O. The minimum absolute atomic E-state index is 0.0186. The van der Waals surface area contributed by atoms with Crippen LogP contribution in [0.15, 0.2) is 12.4 Å². The molecule has 1 fully saturated rings. The fourth-order valence-corrected chi connectivity index (χ4v) is 3.40. The average molecular weight is 330 g/mol. The van der Waals surface area contributed by atoms with Crippen molar-refractivity contribution in [1.82, 2.24) is 24.9 Å². The van der Waals surface area contributed by atoms with Gasteiger partial charge in [-0.1, -0.05) is 13.3 Å². The number of nitrogens with zero attached hydrogens (tertiary/aromatic N) is 5. The van der Waals surface area contributed by atoms with Crippen molar-refractivity contribution in [3.8, 4) is 0 Å². The number of aryl methyl sites for hydroxylation is 1. The van der Waals surface area contributed by atoms with Crippen LogP contribution in [-0.2, 0) is 4.79 Å². The lowest BCUT2D eigenvalue weighted by Gasteiger charge is -2.34. The molecule has 2 atom stereocenters. The van der Waals surface area contributed by atoms with Crippen molar-refractivity contribution in [3.05, 3.63) is 18.1 Å². The first-order chi connectivity index (χ1) is 11.6. The number of rotatable bonds is 5. The number of carbonyl (C=O) groups is 1. The Balaban J connectivity index is 1.75. The third-order valence-electron chi connectivity index (χ3n) is 4.59. The first-order valence-electron chi connectivity index (χ1n) is 8.81. The number of fused-ring (bicyclic) bond motifs is 1. The summed E-state index contributed by atoms with van der Waals surface area (Å²) >= 11 is 0. The molecule has 1 N–H and O–H groups in total. The first kappa shape index (κ1) is 16.7. The van der Waals surface area contributed by atoms with Crippen LogP contribution in [0.25, 0.3) is 5.78 Å². The predicted molar refractivity (Wildman–Crippen MR) is 93.0 cm³/mol. The minimum atomic E-state index is 0.0186. The Morgan fingerprint density at radius 2 is 2.33 bits per heavy atom. The van der Waals surface area contributed by atoms with Gasteiger partial charge in [0.25, 0.3) is 5.78 Å². The van der Waals surface area contributed by atoms with E-state index in [9.17, 15) is 4.79 Å². The topological polar surface area (TPSA) is 75.4 Å². The Kier molecular flexibility index (Phi) is 4.97. The number of anilines is 1. The molecule has 130 valence electrons. The van der Waals surface area contributed by atoms with Crippen LogP contribution >= 0.6 is 0 Å². The molecule has 0 bridgehead atoms. The third kappa shape index (κ3) is 3.49. The van der Waals surface area contributed by atoms with Crippen LogP contribution in [-0.4, -0.2) is 44.6 Å². The number of carbonyl (C=O) groups excluding carboxylic acids is 1. The maximum Gasteiger partial charge on any atom is 0.254 e. The van der Waals surface area contributed by atoms with Crippen LogP contribution in [0.4, 0.5) is 5.82 Å². The summed E-state index contributed by atoms with van der Waals surface area (Å²) in [6.45, 7) is 7.81. The van der Waals surface area contributed by atoms with E-state index in [1.807, 2.05) is 13.0 Å². The lowest BCUT2D eigenvalue weighted by molar-refractivity contribution is -0.125. The Bertz CT molecular complexity index is 712. The van der Waals surface area contributed by atoms with Gasteiger partial charge in [-0.15, -0.1) is 0 Å². The van der Waals surface area contributed by atoms with Crippen LogP contribution < -0.4 is 10.2 Å². The van der Waals surface area contributed by atoms with Gasteiger partial charge in [-0.25, -0.2) is 4.98 Å². The number of amides is 1. The van der Waals surface area contributed by atoms with Gasteiger partial charge in [0, 0.05) is 30.9 Å². The zero-order chi connectivity index (χ0) is 17.1. The van der Waals surface area contributed by atoms with Crippen molar-refractivity contribution >= 4 is 17.5 Å². The number of hydrogen-bond acceptors (Lipinski definition) is 5. The molecule has 24 heavy (non-hydrogen) atoms. The van der Waals surface area contributed by atoms with Crippen molar-refractivity contribution in [2.45, 2.75) is 52.5 Å². The molecule has 1 saturated heterocycles. The zero-order valence-electron chi connectivity index (χ0n) is 14.7.